The normalized spacial score (nSPS) is 12.9. The molecule has 16 heavy (non-hydrogen) atoms. The molecule has 0 saturated carbocycles. The summed E-state index contributed by atoms with van der Waals surface area (Å²) in [5.74, 6) is -0.0590. The highest BCUT2D eigenvalue weighted by Gasteiger charge is 2.05. The Labute approximate surface area is 100 Å². The Bertz CT molecular complexity index is 197. The quantitative estimate of drug-likeness (QED) is 0.334. The van der Waals surface area contributed by atoms with Crippen LogP contribution in [0.25, 0.3) is 0 Å². The van der Waals surface area contributed by atoms with E-state index in [1.807, 2.05) is 13.8 Å². The lowest BCUT2D eigenvalue weighted by Crippen LogP contribution is -2.13. The number of carbonyl (C=O) groups excluding carboxylic acids is 1. The monoisotopic (exact) mass is 226 g/mol. The lowest BCUT2D eigenvalue weighted by Gasteiger charge is -2.09. The molecule has 1 atom stereocenters. The Balaban J connectivity index is 3.37. The first-order valence-corrected chi connectivity index (χ1v) is 6.55. The fourth-order valence-electron chi connectivity index (χ4n) is 1.29. The van der Waals surface area contributed by atoms with Crippen LogP contribution in [0.3, 0.4) is 0 Å². The van der Waals surface area contributed by atoms with Crippen LogP contribution in [0, 0.1) is 0 Å². The first-order valence-electron chi connectivity index (χ1n) is 6.55. The molecule has 0 rings (SSSR count). The van der Waals surface area contributed by atoms with Gasteiger partial charge in [0.1, 0.15) is 0 Å². The molecule has 2 nitrogen and oxygen atoms in total. The van der Waals surface area contributed by atoms with Crippen LogP contribution in [0.4, 0.5) is 0 Å². The predicted octanol–water partition coefficient (Wildman–Crippen LogP) is 4.24. The van der Waals surface area contributed by atoms with Gasteiger partial charge in [0.15, 0.2) is 0 Å². The molecule has 0 aliphatic rings. The molecule has 0 saturated heterocycles. The molecule has 0 aliphatic heterocycles. The summed E-state index contributed by atoms with van der Waals surface area (Å²) >= 11 is 0. The number of esters is 1. The van der Waals surface area contributed by atoms with E-state index >= 15 is 0 Å². The van der Waals surface area contributed by atoms with E-state index in [9.17, 15) is 4.79 Å². The zero-order valence-electron chi connectivity index (χ0n) is 11.0. The first kappa shape index (κ1) is 15.2. The van der Waals surface area contributed by atoms with Crippen molar-refractivity contribution in [3.63, 3.8) is 0 Å². The van der Waals surface area contributed by atoms with E-state index in [0.717, 1.165) is 25.7 Å². The Kier molecular flexibility index (Phi) is 10.2. The largest absolute Gasteiger partial charge is 0.463 e. The van der Waals surface area contributed by atoms with Gasteiger partial charge in [-0.05, 0) is 32.6 Å². The molecule has 0 amide bonds. The Morgan fingerprint density at radius 2 is 1.81 bits per heavy atom. The van der Waals surface area contributed by atoms with Crippen molar-refractivity contribution < 1.29 is 9.53 Å². The number of hydrogen-bond acceptors (Lipinski definition) is 2. The molecule has 0 radical (unpaired) electrons. The average Bonchev–Trinajstić information content (AvgIpc) is 2.27. The average molecular weight is 226 g/mol. The van der Waals surface area contributed by atoms with Crippen LogP contribution in [-0.2, 0) is 9.53 Å². The van der Waals surface area contributed by atoms with Crippen molar-refractivity contribution >= 4 is 5.97 Å². The summed E-state index contributed by atoms with van der Waals surface area (Å²) in [5.41, 5.74) is 0. The highest BCUT2D eigenvalue weighted by molar-refractivity contribution is 5.69. The fraction of sp³-hybridized carbons (Fsp3) is 0.786. The molecule has 0 aromatic heterocycles. The second-order valence-electron chi connectivity index (χ2n) is 4.21. The number of carbonyl (C=O) groups is 1. The molecule has 94 valence electrons. The highest BCUT2D eigenvalue weighted by atomic mass is 16.5. The summed E-state index contributed by atoms with van der Waals surface area (Å²) in [7, 11) is 0. The molecule has 0 aromatic rings. The molecule has 0 bridgehead atoms. The van der Waals surface area contributed by atoms with E-state index in [1.54, 1.807) is 0 Å². The standard InChI is InChI=1S/C14H26O2/c1-4-6-7-8-9-10-11-12-14(15)16-13(3)5-2/h8-9,13H,4-7,10-12H2,1-3H3/b9-8-/t13-/m1/s1. The lowest BCUT2D eigenvalue weighted by molar-refractivity contribution is -0.148. The molecule has 0 unspecified atom stereocenters. The molecule has 0 N–H and O–H groups in total. The van der Waals surface area contributed by atoms with Crippen molar-refractivity contribution in [3.8, 4) is 0 Å². The van der Waals surface area contributed by atoms with Crippen molar-refractivity contribution in [2.45, 2.75) is 71.8 Å². The van der Waals surface area contributed by atoms with Crippen molar-refractivity contribution in [2.75, 3.05) is 0 Å². The predicted molar refractivity (Wildman–Crippen MR) is 68.4 cm³/mol. The van der Waals surface area contributed by atoms with E-state index in [-0.39, 0.29) is 12.1 Å². The summed E-state index contributed by atoms with van der Waals surface area (Å²) in [6, 6.07) is 0. The molecular formula is C14H26O2. The summed E-state index contributed by atoms with van der Waals surface area (Å²) in [6.07, 6.45) is 11.4. The Hall–Kier alpha value is -0.790. The second kappa shape index (κ2) is 10.7. The third-order valence-corrected chi connectivity index (χ3v) is 2.55. The van der Waals surface area contributed by atoms with E-state index < -0.39 is 0 Å². The number of hydrogen-bond donors (Lipinski definition) is 0. The van der Waals surface area contributed by atoms with Gasteiger partial charge >= 0.3 is 5.97 Å². The van der Waals surface area contributed by atoms with Gasteiger partial charge in [-0.15, -0.1) is 0 Å². The van der Waals surface area contributed by atoms with Crippen LogP contribution in [0.1, 0.15) is 65.7 Å². The van der Waals surface area contributed by atoms with Gasteiger partial charge in [-0.25, -0.2) is 0 Å². The molecule has 0 fully saturated rings. The van der Waals surface area contributed by atoms with Gasteiger partial charge in [0.2, 0.25) is 0 Å². The maximum atomic E-state index is 11.3. The van der Waals surface area contributed by atoms with Crippen LogP contribution >= 0.6 is 0 Å². The van der Waals surface area contributed by atoms with E-state index in [0.29, 0.717) is 6.42 Å². The molecule has 0 heterocycles. The van der Waals surface area contributed by atoms with Crippen LogP contribution < -0.4 is 0 Å². The van der Waals surface area contributed by atoms with Crippen molar-refractivity contribution in [1.29, 1.82) is 0 Å². The van der Waals surface area contributed by atoms with Gasteiger partial charge in [0.25, 0.3) is 0 Å². The van der Waals surface area contributed by atoms with Gasteiger partial charge in [0, 0.05) is 6.42 Å². The summed E-state index contributed by atoms with van der Waals surface area (Å²) in [4.78, 5) is 11.3. The van der Waals surface area contributed by atoms with Crippen molar-refractivity contribution in [3.05, 3.63) is 12.2 Å². The number of rotatable bonds is 9. The van der Waals surface area contributed by atoms with Gasteiger partial charge < -0.3 is 4.74 Å². The minimum atomic E-state index is -0.0590. The van der Waals surface area contributed by atoms with Crippen LogP contribution in [0.5, 0.6) is 0 Å². The fourth-order valence-corrected chi connectivity index (χ4v) is 1.29. The van der Waals surface area contributed by atoms with Crippen molar-refractivity contribution in [2.24, 2.45) is 0 Å². The summed E-state index contributed by atoms with van der Waals surface area (Å²) in [6.45, 7) is 6.15. The molecule has 2 heteroatoms. The molecular weight excluding hydrogens is 200 g/mol. The third kappa shape index (κ3) is 9.75. The molecule has 0 aliphatic carbocycles. The zero-order valence-corrected chi connectivity index (χ0v) is 11.0. The number of allylic oxidation sites excluding steroid dienone is 2. The Morgan fingerprint density at radius 1 is 1.19 bits per heavy atom. The lowest BCUT2D eigenvalue weighted by atomic mass is 10.2. The topological polar surface area (TPSA) is 26.3 Å². The van der Waals surface area contributed by atoms with Gasteiger partial charge in [-0.2, -0.15) is 0 Å². The second-order valence-corrected chi connectivity index (χ2v) is 4.21. The Morgan fingerprint density at radius 3 is 2.38 bits per heavy atom. The minimum absolute atomic E-state index is 0.0590. The molecule has 0 aromatic carbocycles. The highest BCUT2D eigenvalue weighted by Crippen LogP contribution is 2.04. The van der Waals surface area contributed by atoms with E-state index in [2.05, 4.69) is 19.1 Å². The van der Waals surface area contributed by atoms with Crippen molar-refractivity contribution in [1.82, 2.24) is 0 Å². The summed E-state index contributed by atoms with van der Waals surface area (Å²) < 4.78 is 5.18. The smallest absolute Gasteiger partial charge is 0.306 e. The summed E-state index contributed by atoms with van der Waals surface area (Å²) in [5, 5.41) is 0. The third-order valence-electron chi connectivity index (χ3n) is 2.55. The minimum Gasteiger partial charge on any atom is -0.463 e. The number of ether oxygens (including phenoxy) is 1. The van der Waals surface area contributed by atoms with Crippen LogP contribution in [0.15, 0.2) is 12.2 Å². The maximum Gasteiger partial charge on any atom is 0.306 e. The first-order chi connectivity index (χ1) is 7.70. The van der Waals surface area contributed by atoms with Crippen LogP contribution in [0.2, 0.25) is 0 Å². The maximum absolute atomic E-state index is 11.3. The van der Waals surface area contributed by atoms with Crippen LogP contribution in [-0.4, -0.2) is 12.1 Å². The van der Waals surface area contributed by atoms with Gasteiger partial charge in [-0.3, -0.25) is 4.79 Å². The SMILES string of the molecule is CCCC/C=C\CCCC(=O)O[C@H](C)CC. The van der Waals surface area contributed by atoms with E-state index in [4.69, 9.17) is 4.74 Å². The van der Waals surface area contributed by atoms with Gasteiger partial charge in [-0.1, -0.05) is 38.8 Å². The van der Waals surface area contributed by atoms with E-state index in [1.165, 1.54) is 12.8 Å². The zero-order chi connectivity index (χ0) is 12.2. The van der Waals surface area contributed by atoms with Gasteiger partial charge in [0.05, 0.1) is 6.10 Å². The number of unbranched alkanes of at least 4 members (excludes halogenated alkanes) is 3. The molecule has 0 spiro atoms.